The third kappa shape index (κ3) is 2.45. The molecule has 16 heavy (non-hydrogen) atoms. The number of ether oxygens (including phenoxy) is 1. The van der Waals surface area contributed by atoms with Crippen LogP contribution in [0, 0.1) is 0 Å². The minimum atomic E-state index is 0.650. The summed E-state index contributed by atoms with van der Waals surface area (Å²) in [5, 5.41) is 2.87. The van der Waals surface area contributed by atoms with Gasteiger partial charge in [-0.25, -0.2) is 0 Å². The molecular weight excluding hydrogens is 240 g/mol. The van der Waals surface area contributed by atoms with E-state index in [-0.39, 0.29) is 0 Å². The van der Waals surface area contributed by atoms with Crippen molar-refractivity contribution in [1.82, 2.24) is 0 Å². The fourth-order valence-electron chi connectivity index (χ4n) is 1.60. The third-order valence-corrected chi connectivity index (χ3v) is 2.99. The Bertz CT molecular complexity index is 484. The smallest absolute Gasteiger partial charge is 0.145 e. The van der Waals surface area contributed by atoms with E-state index in [1.54, 1.807) is 0 Å². The van der Waals surface area contributed by atoms with Crippen molar-refractivity contribution < 1.29 is 4.74 Å². The Kier molecular flexibility index (Phi) is 3.97. The molecule has 0 N–H and O–H groups in total. The van der Waals surface area contributed by atoms with E-state index in [1.807, 2.05) is 30.3 Å². The lowest BCUT2D eigenvalue weighted by Gasteiger charge is -2.10. The minimum absolute atomic E-state index is 0.650. The lowest BCUT2D eigenvalue weighted by Crippen LogP contribution is -1.99. The molecule has 2 rings (SSSR count). The van der Waals surface area contributed by atoms with Crippen LogP contribution in [0.4, 0.5) is 0 Å². The van der Waals surface area contributed by atoms with Gasteiger partial charge in [0.2, 0.25) is 0 Å². The van der Waals surface area contributed by atoms with Crippen molar-refractivity contribution in [2.75, 3.05) is 12.4 Å². The minimum Gasteiger partial charge on any atom is -0.491 e. The van der Waals surface area contributed by atoms with E-state index < -0.39 is 0 Å². The highest BCUT2D eigenvalue weighted by molar-refractivity contribution is 7.80. The summed E-state index contributed by atoms with van der Waals surface area (Å²) in [7, 11) is 0. The fraction of sp³-hybridized carbons (Fsp3) is 0.231. The largest absolute Gasteiger partial charge is 0.491 e. The van der Waals surface area contributed by atoms with Gasteiger partial charge in [-0.15, -0.1) is 0 Å². The molecule has 0 aromatic heterocycles. The Morgan fingerprint density at radius 1 is 1.12 bits per heavy atom. The Hall–Kier alpha value is -0.860. The molecule has 0 spiro atoms. The number of hydrogen-bond donors (Lipinski definition) is 1. The summed E-state index contributed by atoms with van der Waals surface area (Å²) in [4.78, 5) is 0. The molecule has 84 valence electrons. The van der Waals surface area contributed by atoms with Crippen LogP contribution in [0.5, 0.6) is 5.75 Å². The predicted octanol–water partition coefficient (Wildman–Crippen LogP) is 4.19. The lowest BCUT2D eigenvalue weighted by molar-refractivity contribution is 0.323. The number of benzene rings is 2. The van der Waals surface area contributed by atoms with E-state index in [0.29, 0.717) is 11.6 Å². The molecule has 3 heteroatoms. The Labute approximate surface area is 106 Å². The molecule has 0 amide bonds. The molecule has 0 aliphatic rings. The first kappa shape index (κ1) is 11.6. The monoisotopic (exact) mass is 252 g/mol. The first-order valence-corrected chi connectivity index (χ1v) is 6.25. The molecule has 0 aliphatic carbocycles. The second-order valence-corrected chi connectivity index (χ2v) is 4.38. The maximum Gasteiger partial charge on any atom is 0.145 e. The van der Waals surface area contributed by atoms with Gasteiger partial charge in [-0.1, -0.05) is 41.9 Å². The summed E-state index contributed by atoms with van der Waals surface area (Å²) >= 11 is 10.3. The highest BCUT2D eigenvalue weighted by atomic mass is 35.5. The van der Waals surface area contributed by atoms with Crippen molar-refractivity contribution in [2.24, 2.45) is 0 Å². The van der Waals surface area contributed by atoms with Crippen molar-refractivity contribution in [3.05, 3.63) is 41.4 Å². The van der Waals surface area contributed by atoms with Crippen LogP contribution in [0.2, 0.25) is 5.02 Å². The van der Waals surface area contributed by atoms with Crippen molar-refractivity contribution in [2.45, 2.75) is 6.42 Å². The van der Waals surface area contributed by atoms with Crippen LogP contribution in [-0.4, -0.2) is 12.4 Å². The molecule has 2 aromatic rings. The maximum atomic E-state index is 6.14. The highest BCUT2D eigenvalue weighted by Crippen LogP contribution is 2.33. The van der Waals surface area contributed by atoms with E-state index in [2.05, 4.69) is 18.7 Å². The highest BCUT2D eigenvalue weighted by Gasteiger charge is 2.06. The van der Waals surface area contributed by atoms with Crippen molar-refractivity contribution in [3.8, 4) is 5.75 Å². The molecule has 0 bridgehead atoms. The van der Waals surface area contributed by atoms with Crippen molar-refractivity contribution in [3.63, 3.8) is 0 Å². The van der Waals surface area contributed by atoms with Gasteiger partial charge in [0.25, 0.3) is 0 Å². The number of rotatable bonds is 4. The first-order valence-electron chi connectivity index (χ1n) is 5.24. The number of hydrogen-bond acceptors (Lipinski definition) is 2. The molecule has 1 nitrogen and oxygen atoms in total. The van der Waals surface area contributed by atoms with Gasteiger partial charge < -0.3 is 4.74 Å². The summed E-state index contributed by atoms with van der Waals surface area (Å²) in [5.74, 6) is 1.60. The van der Waals surface area contributed by atoms with E-state index in [0.717, 1.165) is 28.7 Å². The molecular formula is C13H13ClOS. The van der Waals surface area contributed by atoms with Crippen molar-refractivity contribution in [1.29, 1.82) is 0 Å². The SMILES string of the molecule is SCCCOc1c(Cl)ccc2ccccc12. The second-order valence-electron chi connectivity index (χ2n) is 3.52. The summed E-state index contributed by atoms with van der Waals surface area (Å²) in [5.41, 5.74) is 0. The molecule has 0 heterocycles. The zero-order valence-electron chi connectivity index (χ0n) is 8.82. The van der Waals surface area contributed by atoms with Crippen LogP contribution in [0.15, 0.2) is 36.4 Å². The van der Waals surface area contributed by atoms with Crippen molar-refractivity contribution >= 4 is 35.0 Å². The summed E-state index contributed by atoms with van der Waals surface area (Å²) < 4.78 is 5.71. The Morgan fingerprint density at radius 2 is 1.94 bits per heavy atom. The fourth-order valence-corrected chi connectivity index (χ4v) is 1.95. The second kappa shape index (κ2) is 5.46. The van der Waals surface area contributed by atoms with Crippen LogP contribution in [-0.2, 0) is 0 Å². The third-order valence-electron chi connectivity index (χ3n) is 2.38. The first-order chi connectivity index (χ1) is 7.83. The molecule has 0 fully saturated rings. The predicted molar refractivity (Wildman–Crippen MR) is 72.9 cm³/mol. The molecule has 0 atom stereocenters. The topological polar surface area (TPSA) is 9.23 Å². The molecule has 0 radical (unpaired) electrons. The van der Waals surface area contributed by atoms with Gasteiger partial charge in [-0.3, -0.25) is 0 Å². The molecule has 0 saturated carbocycles. The van der Waals surface area contributed by atoms with Gasteiger partial charge in [0, 0.05) is 5.39 Å². The van der Waals surface area contributed by atoms with E-state index in [1.165, 1.54) is 0 Å². The number of fused-ring (bicyclic) bond motifs is 1. The quantitative estimate of drug-likeness (QED) is 0.634. The molecule has 0 unspecified atom stereocenters. The van der Waals surface area contributed by atoms with Crippen LogP contribution < -0.4 is 4.74 Å². The Balaban J connectivity index is 2.37. The molecule has 0 saturated heterocycles. The van der Waals surface area contributed by atoms with Gasteiger partial charge in [0.15, 0.2) is 0 Å². The maximum absolute atomic E-state index is 6.14. The van der Waals surface area contributed by atoms with Gasteiger partial charge in [0.1, 0.15) is 5.75 Å². The summed E-state index contributed by atoms with van der Waals surface area (Å²) in [6.07, 6.45) is 0.919. The Morgan fingerprint density at radius 3 is 2.75 bits per heavy atom. The average molecular weight is 253 g/mol. The zero-order valence-corrected chi connectivity index (χ0v) is 10.5. The van der Waals surface area contributed by atoms with E-state index in [4.69, 9.17) is 16.3 Å². The van der Waals surface area contributed by atoms with Crippen LogP contribution in [0.3, 0.4) is 0 Å². The molecule has 2 aromatic carbocycles. The van der Waals surface area contributed by atoms with Gasteiger partial charge >= 0.3 is 0 Å². The summed E-state index contributed by atoms with van der Waals surface area (Å²) in [6.45, 7) is 0.650. The molecule has 0 aliphatic heterocycles. The lowest BCUT2D eigenvalue weighted by atomic mass is 10.1. The van der Waals surface area contributed by atoms with Gasteiger partial charge in [-0.2, -0.15) is 12.6 Å². The normalized spacial score (nSPS) is 10.6. The van der Waals surface area contributed by atoms with Crippen LogP contribution >= 0.6 is 24.2 Å². The standard InChI is InChI=1S/C13H13ClOS/c14-12-7-6-10-4-1-2-5-11(10)13(12)15-8-3-9-16/h1-2,4-7,16H,3,8-9H2. The zero-order chi connectivity index (χ0) is 11.4. The number of thiol groups is 1. The number of halogens is 1. The summed E-state index contributed by atoms with van der Waals surface area (Å²) in [6, 6.07) is 12.0. The average Bonchev–Trinajstić information content (AvgIpc) is 2.32. The van der Waals surface area contributed by atoms with E-state index in [9.17, 15) is 0 Å². The van der Waals surface area contributed by atoms with E-state index >= 15 is 0 Å². The van der Waals surface area contributed by atoms with Crippen LogP contribution in [0.1, 0.15) is 6.42 Å². The van der Waals surface area contributed by atoms with Crippen LogP contribution in [0.25, 0.3) is 10.8 Å². The van der Waals surface area contributed by atoms with Gasteiger partial charge in [0.05, 0.1) is 11.6 Å². The van der Waals surface area contributed by atoms with Gasteiger partial charge in [-0.05, 0) is 23.6 Å².